The third kappa shape index (κ3) is 121. The van der Waals surface area contributed by atoms with Crippen LogP contribution in [0.3, 0.4) is 0 Å². The molecule has 0 rings (SSSR count). The Morgan fingerprint density at radius 1 is 0.704 bits per heavy atom. The van der Waals surface area contributed by atoms with Gasteiger partial charge in [0.1, 0.15) is 18.5 Å². The molecule has 162 valence electrons. The van der Waals surface area contributed by atoms with E-state index in [9.17, 15) is 4.79 Å². The lowest BCUT2D eigenvalue weighted by Crippen LogP contribution is -2.33. The molecule has 0 unspecified atom stereocenters. The van der Waals surface area contributed by atoms with E-state index in [4.69, 9.17) is 60.0 Å². The van der Waals surface area contributed by atoms with Crippen molar-refractivity contribution >= 4 is 30.2 Å². The van der Waals surface area contributed by atoms with E-state index in [-0.39, 0.29) is 12.7 Å². The number of rotatable bonds is 5. The Kier molecular flexibility index (Phi) is 33.7. The quantitative estimate of drug-likeness (QED) is 0.231. The maximum Gasteiger partial charge on any atom is 0.300 e. The van der Waals surface area contributed by atoms with Crippen molar-refractivity contribution in [3.8, 4) is 0 Å². The van der Waals surface area contributed by atoms with Crippen molar-refractivity contribution < 1.29 is 64.8 Å². The monoisotopic (exact) mass is 404 g/mol. The third-order valence-corrected chi connectivity index (χ3v) is 1.27. The maximum absolute atomic E-state index is 9.85. The first-order chi connectivity index (χ1) is 12.0. The van der Waals surface area contributed by atoms with E-state index in [1.54, 1.807) is 0 Å². The number of carbonyl (C=O) groups is 5. The van der Waals surface area contributed by atoms with Gasteiger partial charge in [0.15, 0.2) is 0 Å². The van der Waals surface area contributed by atoms with Gasteiger partial charge in [0, 0.05) is 34.1 Å². The van der Waals surface area contributed by atoms with Gasteiger partial charge in [0.25, 0.3) is 23.9 Å². The van der Waals surface area contributed by atoms with Crippen LogP contribution in [-0.4, -0.2) is 95.9 Å². The number of carboxylic acid groups (broad SMARTS) is 4. The van der Waals surface area contributed by atoms with Crippen LogP contribution in [0.4, 0.5) is 0 Å². The molecule has 0 radical (unpaired) electrons. The minimum Gasteiger partial charge on any atom is -0.481 e. The maximum atomic E-state index is 9.85. The Hall–Kier alpha value is -2.61. The number of aliphatic hydroxyl groups excluding tert-OH is 4. The van der Waals surface area contributed by atoms with E-state index in [2.05, 4.69) is 0 Å². The SMILES string of the molecule is CC(=O)O.CC(=O)O.CC(=O)O.CC(=O)O.O=C[C@H](O)C[C@H](O)[C@H](O)CO. The highest BCUT2D eigenvalue weighted by molar-refractivity contribution is 5.63. The zero-order chi connectivity index (χ0) is 23.2. The number of aldehydes is 1. The van der Waals surface area contributed by atoms with Crippen molar-refractivity contribution in [1.82, 2.24) is 0 Å². The molecule has 0 aromatic heterocycles. The van der Waals surface area contributed by atoms with Crippen LogP contribution in [0.2, 0.25) is 0 Å². The predicted molar refractivity (Wildman–Crippen MR) is 89.0 cm³/mol. The molecule has 0 aliphatic heterocycles. The molecule has 3 atom stereocenters. The molecule has 0 aliphatic rings. The Balaban J connectivity index is -0.0000000841. The lowest BCUT2D eigenvalue weighted by Gasteiger charge is -2.15. The van der Waals surface area contributed by atoms with E-state index in [0.717, 1.165) is 27.7 Å². The van der Waals surface area contributed by atoms with Gasteiger partial charge < -0.3 is 45.6 Å². The second-order valence-electron chi connectivity index (χ2n) is 4.33. The summed E-state index contributed by atoms with van der Waals surface area (Å²) in [6.07, 6.45) is -3.85. The molecular weight excluding hydrogens is 376 g/mol. The summed E-state index contributed by atoms with van der Waals surface area (Å²) in [5, 5.41) is 64.3. The minimum absolute atomic E-state index is 0.257. The van der Waals surface area contributed by atoms with Crippen molar-refractivity contribution in [2.75, 3.05) is 6.61 Å². The highest BCUT2D eigenvalue weighted by Gasteiger charge is 2.18. The Morgan fingerprint density at radius 3 is 1.07 bits per heavy atom. The van der Waals surface area contributed by atoms with Crippen LogP contribution in [0.1, 0.15) is 34.1 Å². The predicted octanol–water partition coefficient (Wildman–Crippen LogP) is -1.99. The number of carbonyl (C=O) groups excluding carboxylic acids is 1. The number of aliphatic hydroxyl groups is 4. The molecule has 0 aliphatic carbocycles. The van der Waals surface area contributed by atoms with E-state index in [1.807, 2.05) is 0 Å². The number of carboxylic acids is 4. The highest BCUT2D eigenvalue weighted by Crippen LogP contribution is 2.00. The first-order valence-corrected chi connectivity index (χ1v) is 6.93. The van der Waals surface area contributed by atoms with Crippen LogP contribution in [0.15, 0.2) is 0 Å². The molecule has 0 amide bonds. The van der Waals surface area contributed by atoms with Gasteiger partial charge in [-0.05, 0) is 0 Å². The molecule has 0 fully saturated rings. The molecule has 13 heteroatoms. The van der Waals surface area contributed by atoms with Crippen molar-refractivity contribution in [2.24, 2.45) is 0 Å². The Bertz CT molecular complexity index is 344. The largest absolute Gasteiger partial charge is 0.481 e. The fraction of sp³-hybridized carbons (Fsp3) is 0.643. The lowest BCUT2D eigenvalue weighted by molar-refractivity contribution is -0.135. The molecule has 0 saturated heterocycles. The van der Waals surface area contributed by atoms with Gasteiger partial charge in [0.2, 0.25) is 0 Å². The van der Waals surface area contributed by atoms with E-state index in [1.165, 1.54) is 0 Å². The molecule has 13 nitrogen and oxygen atoms in total. The average molecular weight is 404 g/mol. The molecular formula is C14H28O13. The smallest absolute Gasteiger partial charge is 0.300 e. The molecule has 0 spiro atoms. The summed E-state index contributed by atoms with van der Waals surface area (Å²) in [5.41, 5.74) is 0. The fourth-order valence-electron chi connectivity index (χ4n) is 0.582. The van der Waals surface area contributed by atoms with Gasteiger partial charge in [-0.15, -0.1) is 0 Å². The number of hydrogen-bond acceptors (Lipinski definition) is 9. The first kappa shape index (κ1) is 35.5. The third-order valence-electron chi connectivity index (χ3n) is 1.27. The normalized spacial score (nSPS) is 11.4. The average Bonchev–Trinajstić information content (AvgIpc) is 2.43. The summed E-state index contributed by atoms with van der Waals surface area (Å²) < 4.78 is 0. The molecule has 27 heavy (non-hydrogen) atoms. The zero-order valence-corrected chi connectivity index (χ0v) is 15.3. The van der Waals surface area contributed by atoms with Crippen LogP contribution in [0, 0.1) is 0 Å². The molecule has 0 saturated carbocycles. The molecule has 0 heterocycles. The van der Waals surface area contributed by atoms with Crippen molar-refractivity contribution in [1.29, 1.82) is 0 Å². The zero-order valence-electron chi connectivity index (χ0n) is 15.3. The summed E-state index contributed by atoms with van der Waals surface area (Å²) in [6.45, 7) is 3.74. The summed E-state index contributed by atoms with van der Waals surface area (Å²) in [6, 6.07) is 0. The topological polar surface area (TPSA) is 247 Å². The van der Waals surface area contributed by atoms with Crippen molar-refractivity contribution in [3.63, 3.8) is 0 Å². The van der Waals surface area contributed by atoms with Gasteiger partial charge in [0.05, 0.1) is 12.7 Å². The molecule has 0 bridgehead atoms. The van der Waals surface area contributed by atoms with Crippen LogP contribution in [0.5, 0.6) is 0 Å². The van der Waals surface area contributed by atoms with Crippen molar-refractivity contribution in [2.45, 2.75) is 52.4 Å². The Labute approximate surface area is 155 Å². The second-order valence-corrected chi connectivity index (χ2v) is 4.33. The van der Waals surface area contributed by atoms with Gasteiger partial charge in [-0.2, -0.15) is 0 Å². The van der Waals surface area contributed by atoms with Crippen LogP contribution in [0.25, 0.3) is 0 Å². The van der Waals surface area contributed by atoms with E-state index < -0.39 is 48.8 Å². The fourth-order valence-corrected chi connectivity index (χ4v) is 0.582. The summed E-state index contributed by atoms with van der Waals surface area (Å²) in [5.74, 6) is -3.33. The minimum atomic E-state index is -1.30. The second kappa shape index (κ2) is 25.6. The highest BCUT2D eigenvalue weighted by atomic mass is 16.4. The van der Waals surface area contributed by atoms with Gasteiger partial charge in [-0.3, -0.25) is 19.2 Å². The van der Waals surface area contributed by atoms with Crippen LogP contribution >= 0.6 is 0 Å². The van der Waals surface area contributed by atoms with Gasteiger partial charge in [-0.1, -0.05) is 0 Å². The summed E-state index contributed by atoms with van der Waals surface area (Å²) in [4.78, 5) is 45.8. The van der Waals surface area contributed by atoms with Crippen molar-refractivity contribution in [3.05, 3.63) is 0 Å². The van der Waals surface area contributed by atoms with Crippen LogP contribution in [-0.2, 0) is 24.0 Å². The number of aliphatic carboxylic acids is 4. The van der Waals surface area contributed by atoms with Crippen LogP contribution < -0.4 is 0 Å². The van der Waals surface area contributed by atoms with Gasteiger partial charge >= 0.3 is 0 Å². The standard InChI is InChI=1S/C6H12O5.4C2H4O2/c7-2-4(9)1-5(10)6(11)3-8;4*1-2(3)4/h2,4-6,8-11H,1,3H2;4*1H3,(H,3,4)/t4-,5+,6-;;;;/m1..../s1. The van der Waals surface area contributed by atoms with E-state index in [0.29, 0.717) is 0 Å². The molecule has 0 aromatic rings. The molecule has 8 N–H and O–H groups in total. The molecule has 0 aromatic carbocycles. The summed E-state index contributed by atoms with van der Waals surface area (Å²) >= 11 is 0. The van der Waals surface area contributed by atoms with Gasteiger partial charge in [-0.25, -0.2) is 0 Å². The summed E-state index contributed by atoms with van der Waals surface area (Å²) in [7, 11) is 0. The Morgan fingerprint density at radius 2 is 0.926 bits per heavy atom. The lowest BCUT2D eigenvalue weighted by atomic mass is 10.1. The van der Waals surface area contributed by atoms with E-state index >= 15 is 0 Å². The number of hydrogen-bond donors (Lipinski definition) is 8. The first-order valence-electron chi connectivity index (χ1n) is 6.93.